The van der Waals surface area contributed by atoms with Crippen molar-refractivity contribution in [2.75, 3.05) is 12.4 Å². The summed E-state index contributed by atoms with van der Waals surface area (Å²) < 4.78 is 11.3. The van der Waals surface area contributed by atoms with E-state index in [1.165, 1.54) is 18.4 Å². The van der Waals surface area contributed by atoms with Crippen LogP contribution in [-0.4, -0.2) is 35.1 Å². The molecule has 7 nitrogen and oxygen atoms in total. The molecule has 0 unspecified atom stereocenters. The molecule has 148 valence electrons. The average molecular weight is 401 g/mol. The van der Waals surface area contributed by atoms with Crippen molar-refractivity contribution < 1.29 is 19.1 Å². The molecule has 0 spiro atoms. The van der Waals surface area contributed by atoms with Crippen LogP contribution in [0.3, 0.4) is 0 Å². The highest BCUT2D eigenvalue weighted by Gasteiger charge is 2.27. The van der Waals surface area contributed by atoms with Gasteiger partial charge in [0, 0.05) is 5.69 Å². The van der Waals surface area contributed by atoms with Crippen molar-refractivity contribution in [2.24, 2.45) is 0 Å². The Balaban J connectivity index is 1.92. The van der Waals surface area contributed by atoms with Crippen LogP contribution in [0.15, 0.2) is 24.3 Å². The van der Waals surface area contributed by atoms with Gasteiger partial charge in [-0.1, -0.05) is 30.4 Å². The van der Waals surface area contributed by atoms with Crippen LogP contribution in [-0.2, 0) is 22.4 Å². The van der Waals surface area contributed by atoms with Gasteiger partial charge in [-0.2, -0.15) is 0 Å². The van der Waals surface area contributed by atoms with Crippen LogP contribution in [0.2, 0.25) is 0 Å². The summed E-state index contributed by atoms with van der Waals surface area (Å²) in [6.45, 7) is 5.74. The number of aromatic nitrogens is 2. The molecular formula is C20H23N3O4S. The molecule has 0 fully saturated rings. The quantitative estimate of drug-likeness (QED) is 0.578. The number of aromatic amines is 1. The summed E-state index contributed by atoms with van der Waals surface area (Å²) in [4.78, 5) is 32.5. The molecule has 0 saturated heterocycles. The molecule has 0 aliphatic carbocycles. The molecule has 28 heavy (non-hydrogen) atoms. The Hall–Kier alpha value is -2.87. The molecule has 0 aliphatic heterocycles. The number of fused-ring (bicyclic) bond motifs is 1. The highest BCUT2D eigenvalue weighted by molar-refractivity contribution is 7.22. The summed E-state index contributed by atoms with van der Waals surface area (Å²) in [5, 5.41) is 3.96. The zero-order valence-electron chi connectivity index (χ0n) is 16.3. The van der Waals surface area contributed by atoms with Crippen molar-refractivity contribution >= 4 is 38.6 Å². The number of methoxy groups -OCH3 is 1. The Kier molecular flexibility index (Phi) is 5.99. The Bertz CT molecular complexity index is 973. The third-order valence-electron chi connectivity index (χ3n) is 4.18. The molecule has 0 aliphatic rings. The number of H-pyrrole nitrogens is 1. The molecule has 0 atom stereocenters. The second-order valence-electron chi connectivity index (χ2n) is 6.47. The second-order valence-corrected chi connectivity index (χ2v) is 7.50. The number of para-hydroxylation sites is 1. The van der Waals surface area contributed by atoms with E-state index >= 15 is 0 Å². The first-order chi connectivity index (χ1) is 13.4. The van der Waals surface area contributed by atoms with Gasteiger partial charge in [0.2, 0.25) is 0 Å². The molecule has 0 bridgehead atoms. The van der Waals surface area contributed by atoms with Gasteiger partial charge in [-0.25, -0.2) is 14.6 Å². The van der Waals surface area contributed by atoms with Crippen LogP contribution < -0.4 is 5.32 Å². The van der Waals surface area contributed by atoms with Crippen LogP contribution in [0, 0.1) is 0 Å². The Morgan fingerprint density at radius 3 is 2.64 bits per heavy atom. The number of thiazole rings is 1. The first-order valence-electron chi connectivity index (χ1n) is 9.07. The van der Waals surface area contributed by atoms with E-state index in [0.717, 1.165) is 15.3 Å². The highest BCUT2D eigenvalue weighted by Crippen LogP contribution is 2.27. The van der Waals surface area contributed by atoms with Gasteiger partial charge in [0.15, 0.2) is 5.13 Å². The van der Waals surface area contributed by atoms with Crippen molar-refractivity contribution in [3.63, 3.8) is 0 Å². The van der Waals surface area contributed by atoms with E-state index in [1.807, 2.05) is 31.2 Å². The number of carbonyl (C=O) groups excluding carboxylic acids is 2. The average Bonchev–Trinajstić information content (AvgIpc) is 3.25. The summed E-state index contributed by atoms with van der Waals surface area (Å²) >= 11 is 1.52. The van der Waals surface area contributed by atoms with Crippen LogP contribution in [0.5, 0.6) is 0 Å². The SMILES string of the molecule is CCc1c(C(=O)OC(C)C)[nH]c(CNc2nc3ccccc3s2)c1C(=O)OC. The Labute approximate surface area is 167 Å². The van der Waals surface area contributed by atoms with E-state index < -0.39 is 11.9 Å². The van der Waals surface area contributed by atoms with Crippen molar-refractivity contribution in [1.82, 2.24) is 9.97 Å². The summed E-state index contributed by atoms with van der Waals surface area (Å²) in [6, 6.07) is 7.85. The maximum atomic E-state index is 12.5. The molecule has 8 heteroatoms. The third kappa shape index (κ3) is 4.01. The lowest BCUT2D eigenvalue weighted by Gasteiger charge is -2.08. The fraction of sp³-hybridized carbons (Fsp3) is 0.350. The Morgan fingerprint density at radius 2 is 2.00 bits per heavy atom. The first-order valence-corrected chi connectivity index (χ1v) is 9.88. The van der Waals surface area contributed by atoms with Gasteiger partial charge in [-0.05, 0) is 38.0 Å². The van der Waals surface area contributed by atoms with Gasteiger partial charge in [-0.3, -0.25) is 0 Å². The second kappa shape index (κ2) is 8.43. The number of nitrogens with zero attached hydrogens (tertiary/aromatic N) is 1. The van der Waals surface area contributed by atoms with E-state index in [2.05, 4.69) is 15.3 Å². The van der Waals surface area contributed by atoms with Gasteiger partial charge < -0.3 is 19.8 Å². The smallest absolute Gasteiger partial charge is 0.355 e. The van der Waals surface area contributed by atoms with Gasteiger partial charge in [0.05, 0.1) is 35.5 Å². The molecule has 0 radical (unpaired) electrons. The molecule has 1 aromatic carbocycles. The molecule has 3 rings (SSSR count). The number of carbonyl (C=O) groups is 2. The lowest BCUT2D eigenvalue weighted by Crippen LogP contribution is -2.14. The molecule has 3 aromatic rings. The predicted octanol–water partition coefficient (Wildman–Crippen LogP) is 4.15. The van der Waals surface area contributed by atoms with E-state index in [1.54, 1.807) is 13.8 Å². The van der Waals surface area contributed by atoms with Crippen molar-refractivity contribution in [3.05, 3.63) is 46.8 Å². The van der Waals surface area contributed by atoms with Gasteiger partial charge >= 0.3 is 11.9 Å². The van der Waals surface area contributed by atoms with Gasteiger partial charge in [0.1, 0.15) is 5.69 Å². The van der Waals surface area contributed by atoms with Crippen LogP contribution in [0.4, 0.5) is 5.13 Å². The lowest BCUT2D eigenvalue weighted by molar-refractivity contribution is 0.0370. The van der Waals surface area contributed by atoms with E-state index in [9.17, 15) is 9.59 Å². The van der Waals surface area contributed by atoms with Crippen molar-refractivity contribution in [2.45, 2.75) is 39.8 Å². The van der Waals surface area contributed by atoms with Crippen LogP contribution in [0.1, 0.15) is 52.9 Å². The van der Waals surface area contributed by atoms with Gasteiger partial charge in [0.25, 0.3) is 0 Å². The normalized spacial score (nSPS) is 11.0. The van der Waals surface area contributed by atoms with Crippen LogP contribution >= 0.6 is 11.3 Å². The minimum absolute atomic E-state index is 0.258. The summed E-state index contributed by atoms with van der Waals surface area (Å²) in [7, 11) is 1.33. The van der Waals surface area contributed by atoms with Gasteiger partial charge in [-0.15, -0.1) is 0 Å². The number of ether oxygens (including phenoxy) is 2. The number of hydrogen-bond acceptors (Lipinski definition) is 7. The summed E-state index contributed by atoms with van der Waals surface area (Å²) in [5.74, 6) is -0.971. The molecule has 2 heterocycles. The summed E-state index contributed by atoms with van der Waals surface area (Å²) in [5.41, 5.74) is 2.73. The minimum Gasteiger partial charge on any atom is -0.465 e. The summed E-state index contributed by atoms with van der Waals surface area (Å²) in [6.07, 6.45) is 0.233. The largest absolute Gasteiger partial charge is 0.465 e. The molecule has 0 saturated carbocycles. The third-order valence-corrected chi connectivity index (χ3v) is 5.18. The minimum atomic E-state index is -0.488. The zero-order valence-corrected chi connectivity index (χ0v) is 17.1. The number of esters is 2. The maximum Gasteiger partial charge on any atom is 0.355 e. The topological polar surface area (TPSA) is 93.3 Å². The van der Waals surface area contributed by atoms with E-state index in [4.69, 9.17) is 9.47 Å². The predicted molar refractivity (Wildman–Crippen MR) is 109 cm³/mol. The van der Waals surface area contributed by atoms with E-state index in [0.29, 0.717) is 29.8 Å². The number of nitrogens with one attached hydrogen (secondary N) is 2. The monoisotopic (exact) mass is 401 g/mol. The zero-order chi connectivity index (χ0) is 20.3. The number of anilines is 1. The highest BCUT2D eigenvalue weighted by atomic mass is 32.1. The number of rotatable bonds is 7. The lowest BCUT2D eigenvalue weighted by atomic mass is 10.1. The first kappa shape index (κ1) is 19.9. The molecular weight excluding hydrogens is 378 g/mol. The number of hydrogen-bond donors (Lipinski definition) is 2. The maximum absolute atomic E-state index is 12.5. The van der Waals surface area contributed by atoms with Crippen molar-refractivity contribution in [3.8, 4) is 0 Å². The van der Waals surface area contributed by atoms with E-state index in [-0.39, 0.29) is 11.8 Å². The van der Waals surface area contributed by atoms with Crippen LogP contribution in [0.25, 0.3) is 10.2 Å². The fourth-order valence-electron chi connectivity index (χ4n) is 2.99. The molecule has 0 amide bonds. The molecule has 2 aromatic heterocycles. The standard InChI is InChI=1S/C20H23N3O4S/c1-5-12-16(18(24)26-4)14(22-17(12)19(25)27-11(2)3)10-21-20-23-13-8-6-7-9-15(13)28-20/h6-9,11,22H,5,10H2,1-4H3,(H,21,23). The van der Waals surface area contributed by atoms with Crippen molar-refractivity contribution in [1.29, 1.82) is 0 Å². The number of benzene rings is 1. The Morgan fingerprint density at radius 1 is 1.25 bits per heavy atom. The molecule has 2 N–H and O–H groups in total. The fourth-order valence-corrected chi connectivity index (χ4v) is 3.85.